The van der Waals surface area contributed by atoms with Gasteiger partial charge in [-0.05, 0) is 99.3 Å². The molecular formula is C39H45N9O6. The van der Waals surface area contributed by atoms with Gasteiger partial charge in [-0.1, -0.05) is 12.1 Å². The van der Waals surface area contributed by atoms with E-state index < -0.39 is 41.7 Å². The smallest absolute Gasteiger partial charge is 0.262 e. The van der Waals surface area contributed by atoms with E-state index in [1.165, 1.54) is 11.8 Å². The van der Waals surface area contributed by atoms with Crippen LogP contribution in [0.1, 0.15) is 87.5 Å². The first-order valence-corrected chi connectivity index (χ1v) is 18.9. The Balaban J connectivity index is 0.835. The number of nitrogens with one attached hydrogen (secondary N) is 2. The summed E-state index contributed by atoms with van der Waals surface area (Å²) in [7, 11) is 0. The van der Waals surface area contributed by atoms with Gasteiger partial charge < -0.3 is 30.9 Å². The van der Waals surface area contributed by atoms with Crippen LogP contribution in [0.15, 0.2) is 48.7 Å². The second-order valence-electron chi connectivity index (χ2n) is 15.1. The van der Waals surface area contributed by atoms with E-state index in [1.807, 2.05) is 23.1 Å². The van der Waals surface area contributed by atoms with E-state index in [0.29, 0.717) is 41.3 Å². The number of hydrogen-bond acceptors (Lipinski definition) is 12. The monoisotopic (exact) mass is 735 g/mol. The molecule has 5 aliphatic heterocycles. The summed E-state index contributed by atoms with van der Waals surface area (Å²) in [6.45, 7) is 5.90. The van der Waals surface area contributed by atoms with E-state index in [9.17, 15) is 29.1 Å². The number of likely N-dealkylation sites (tertiary alicyclic amines) is 1. The van der Waals surface area contributed by atoms with E-state index in [-0.39, 0.29) is 18.4 Å². The maximum atomic E-state index is 13.3. The van der Waals surface area contributed by atoms with Crippen LogP contribution in [0.4, 0.5) is 23.1 Å². The third-order valence-electron chi connectivity index (χ3n) is 11.5. The molecule has 15 heteroatoms. The minimum absolute atomic E-state index is 0.0913. The van der Waals surface area contributed by atoms with Gasteiger partial charge in [-0.15, -0.1) is 0 Å². The number of aliphatic hydroxyl groups excluding tert-OH is 1. The van der Waals surface area contributed by atoms with Crippen molar-refractivity contribution in [3.63, 3.8) is 0 Å². The maximum Gasteiger partial charge on any atom is 0.262 e. The van der Waals surface area contributed by atoms with Crippen LogP contribution >= 0.6 is 0 Å². The Morgan fingerprint density at radius 2 is 1.67 bits per heavy atom. The second-order valence-corrected chi connectivity index (χ2v) is 15.1. The Bertz CT molecular complexity index is 1980. The van der Waals surface area contributed by atoms with Gasteiger partial charge in [0.1, 0.15) is 17.4 Å². The first kappa shape index (κ1) is 35.6. The quantitative estimate of drug-likeness (QED) is 0.235. The van der Waals surface area contributed by atoms with Crippen LogP contribution in [0.25, 0.3) is 0 Å². The minimum atomic E-state index is -0.973. The summed E-state index contributed by atoms with van der Waals surface area (Å²) in [5, 5.41) is 15.6. The number of piperidine rings is 3. The number of carbonyl (C=O) groups excluding carboxylic acids is 5. The Hall–Kier alpha value is -5.41. The molecule has 8 rings (SSSR count). The second kappa shape index (κ2) is 14.8. The lowest BCUT2D eigenvalue weighted by atomic mass is 9.89. The van der Waals surface area contributed by atoms with E-state index in [2.05, 4.69) is 42.5 Å². The number of aromatic nitrogens is 2. The Labute approximate surface area is 312 Å². The Morgan fingerprint density at radius 3 is 2.41 bits per heavy atom. The fraction of sp³-hybridized carbons (Fsp3) is 0.462. The lowest BCUT2D eigenvalue weighted by molar-refractivity contribution is -0.136. The summed E-state index contributed by atoms with van der Waals surface area (Å²) in [6.07, 6.45) is 5.96. The van der Waals surface area contributed by atoms with Crippen molar-refractivity contribution in [3.8, 4) is 0 Å². The molecule has 0 saturated carbocycles. The van der Waals surface area contributed by atoms with Crippen LogP contribution in [-0.4, -0.2) is 112 Å². The number of carbonyl (C=O) groups is 5. The van der Waals surface area contributed by atoms with Gasteiger partial charge in [-0.25, -0.2) is 4.98 Å². The summed E-state index contributed by atoms with van der Waals surface area (Å²) < 4.78 is 0. The van der Waals surface area contributed by atoms with Crippen molar-refractivity contribution in [1.82, 2.24) is 25.1 Å². The fourth-order valence-corrected chi connectivity index (χ4v) is 8.60. The van der Waals surface area contributed by atoms with Crippen LogP contribution in [-0.2, 0) is 9.59 Å². The fourth-order valence-electron chi connectivity index (χ4n) is 8.60. The van der Waals surface area contributed by atoms with E-state index >= 15 is 0 Å². The molecule has 0 bridgehead atoms. The van der Waals surface area contributed by atoms with Crippen molar-refractivity contribution in [2.45, 2.75) is 63.0 Å². The van der Waals surface area contributed by atoms with Crippen LogP contribution in [0.3, 0.4) is 0 Å². The molecule has 1 aromatic heterocycles. The predicted molar refractivity (Wildman–Crippen MR) is 200 cm³/mol. The molecule has 5 aliphatic rings. The predicted octanol–water partition coefficient (Wildman–Crippen LogP) is 2.39. The number of hydrogen-bond donors (Lipinski definition) is 4. The molecule has 2 aromatic carbocycles. The number of nitrogens with zero attached hydrogens (tertiary/aromatic N) is 6. The van der Waals surface area contributed by atoms with Crippen LogP contribution < -0.4 is 26.2 Å². The third kappa shape index (κ3) is 7.12. The molecule has 3 atom stereocenters. The maximum absolute atomic E-state index is 13.3. The highest BCUT2D eigenvalue weighted by Gasteiger charge is 2.45. The van der Waals surface area contributed by atoms with Gasteiger partial charge in [0.2, 0.25) is 17.8 Å². The number of β-amino-alcohol motifs (C(OH)–C–C–N with tert-alkyl or cyclic N) is 1. The van der Waals surface area contributed by atoms with Gasteiger partial charge in [0.25, 0.3) is 17.7 Å². The largest absolute Gasteiger partial charge is 0.391 e. The number of rotatable bonds is 9. The molecule has 54 heavy (non-hydrogen) atoms. The van der Waals surface area contributed by atoms with Crippen molar-refractivity contribution >= 4 is 52.7 Å². The first-order chi connectivity index (χ1) is 26.1. The zero-order chi connectivity index (χ0) is 37.5. The summed E-state index contributed by atoms with van der Waals surface area (Å²) in [5.41, 5.74) is 9.40. The van der Waals surface area contributed by atoms with Crippen LogP contribution in [0.5, 0.6) is 0 Å². The number of imide groups is 2. The lowest BCUT2D eigenvalue weighted by Gasteiger charge is -2.34. The molecule has 282 valence electrons. The average Bonchev–Trinajstić information content (AvgIpc) is 3.73. The first-order valence-electron chi connectivity index (χ1n) is 18.9. The number of benzene rings is 2. The zero-order valence-electron chi connectivity index (χ0n) is 30.1. The summed E-state index contributed by atoms with van der Waals surface area (Å²) in [5.74, 6) is -0.874. The molecule has 0 spiro atoms. The van der Waals surface area contributed by atoms with Gasteiger partial charge in [0.05, 0.1) is 17.2 Å². The molecular weight excluding hydrogens is 690 g/mol. The minimum Gasteiger partial charge on any atom is -0.391 e. The van der Waals surface area contributed by atoms with Crippen LogP contribution in [0.2, 0.25) is 0 Å². The lowest BCUT2D eigenvalue weighted by Crippen LogP contribution is -2.54. The van der Waals surface area contributed by atoms with Crippen molar-refractivity contribution in [2.75, 3.05) is 60.9 Å². The number of anilines is 4. The van der Waals surface area contributed by atoms with E-state index in [0.717, 1.165) is 87.6 Å². The van der Waals surface area contributed by atoms with Crippen LogP contribution in [0, 0.1) is 5.92 Å². The van der Waals surface area contributed by atoms with E-state index in [1.54, 1.807) is 12.1 Å². The normalized spacial score (nSPS) is 23.9. The van der Waals surface area contributed by atoms with Crippen molar-refractivity contribution in [1.29, 1.82) is 0 Å². The SMILES string of the molecule is NC(=O)c1cnc(N2CCCC(O)C2)nc1Nc1ccc(C2CCN(CC3CCN(c4ccc5c(c4)C(=O)N(C4CCC(=O)NC4=O)C5=O)C3)CC2)cc1. The third-order valence-corrected chi connectivity index (χ3v) is 11.5. The van der Waals surface area contributed by atoms with Gasteiger partial charge in [-0.2, -0.15) is 4.98 Å². The average molecular weight is 736 g/mol. The highest BCUT2D eigenvalue weighted by molar-refractivity contribution is 6.23. The molecule has 0 radical (unpaired) electrons. The van der Waals surface area contributed by atoms with E-state index in [4.69, 9.17) is 5.73 Å². The van der Waals surface area contributed by atoms with Gasteiger partial charge >= 0.3 is 0 Å². The molecule has 4 saturated heterocycles. The molecule has 5 N–H and O–H groups in total. The molecule has 4 fully saturated rings. The van der Waals surface area contributed by atoms with Gasteiger partial charge in [0, 0.05) is 56.7 Å². The highest BCUT2D eigenvalue weighted by atomic mass is 16.3. The number of nitrogens with two attached hydrogens (primary N) is 1. The molecule has 15 nitrogen and oxygen atoms in total. The van der Waals surface area contributed by atoms with Crippen molar-refractivity contribution < 1.29 is 29.1 Å². The number of aliphatic hydroxyl groups is 1. The van der Waals surface area contributed by atoms with Gasteiger partial charge in [-0.3, -0.25) is 34.2 Å². The summed E-state index contributed by atoms with van der Waals surface area (Å²) in [4.78, 5) is 79.4. The highest BCUT2D eigenvalue weighted by Crippen LogP contribution is 2.34. The van der Waals surface area contributed by atoms with Crippen molar-refractivity contribution in [3.05, 3.63) is 70.9 Å². The Kier molecular flexibility index (Phi) is 9.75. The molecule has 6 heterocycles. The van der Waals surface area contributed by atoms with Crippen molar-refractivity contribution in [2.24, 2.45) is 11.7 Å². The molecule has 0 aliphatic carbocycles. The molecule has 3 aromatic rings. The number of primary amides is 1. The van der Waals surface area contributed by atoms with Gasteiger partial charge in [0.15, 0.2) is 0 Å². The topological polar surface area (TPSA) is 194 Å². The molecule has 5 amide bonds. The zero-order valence-corrected chi connectivity index (χ0v) is 30.1. The number of amides is 5. The number of fused-ring (bicyclic) bond motifs is 1. The Morgan fingerprint density at radius 1 is 0.889 bits per heavy atom. The standard InChI is InChI=1S/C39H45N9O6/c40-34(51)31-19-41-39(47-14-1-2-28(49)22-47)44-35(31)42-26-5-3-24(4-6-26)25-12-15-45(16-13-25)20-23-11-17-46(21-23)27-7-8-29-30(18-27)38(54)48(37(29)53)32-9-10-33(50)43-36(32)52/h3-8,18-19,23,25,28,32,49H,1-2,9-17,20-22H2,(H2,40,51)(H,41,42,44)(H,43,50,52). The summed E-state index contributed by atoms with van der Waals surface area (Å²) >= 11 is 0. The summed E-state index contributed by atoms with van der Waals surface area (Å²) in [6, 6.07) is 12.6. The molecule has 3 unspecified atom stereocenters.